The largest absolute Gasteiger partial charge is 0.497 e. The molecule has 2 N–H and O–H groups in total. The number of aromatic amines is 1. The number of carbonyl (C=O) groups is 1. The Morgan fingerprint density at radius 2 is 1.97 bits per heavy atom. The zero-order valence-electron chi connectivity index (χ0n) is 18.0. The Hall–Kier alpha value is -3.45. The molecule has 4 rings (SSSR count). The monoisotopic (exact) mass is 454 g/mol. The summed E-state index contributed by atoms with van der Waals surface area (Å²) >= 11 is 6.31. The number of halogens is 1. The molecule has 2 heterocycles. The van der Waals surface area contributed by atoms with Crippen LogP contribution < -0.4 is 20.4 Å². The van der Waals surface area contributed by atoms with Crippen LogP contribution in [0.4, 0.5) is 0 Å². The van der Waals surface area contributed by atoms with E-state index in [0.29, 0.717) is 29.1 Å². The summed E-state index contributed by atoms with van der Waals surface area (Å²) in [6, 6.07) is 9.05. The van der Waals surface area contributed by atoms with Gasteiger partial charge in [-0.1, -0.05) is 11.6 Å². The standard InChI is InChI=1S/C24H23ClN2O5/c1-13-14(2)24(29)32-21-10-22(19(25)9-17(13)21)31-12-23(28)26-7-6-15-11-27-20-5-4-16(30-3)8-18(15)20/h4-5,8-11,27H,6-7,12H2,1-3H3,(H,26,28). The second-order valence-corrected chi connectivity index (χ2v) is 7.94. The van der Waals surface area contributed by atoms with Crippen molar-refractivity contribution in [1.82, 2.24) is 10.3 Å². The van der Waals surface area contributed by atoms with E-state index < -0.39 is 5.63 Å². The Kier molecular flexibility index (Phi) is 6.10. The predicted molar refractivity (Wildman–Crippen MR) is 124 cm³/mol. The minimum atomic E-state index is -0.407. The van der Waals surface area contributed by atoms with Crippen LogP contribution in [0, 0.1) is 13.8 Å². The summed E-state index contributed by atoms with van der Waals surface area (Å²) in [6.45, 7) is 3.78. The third-order valence-corrected chi connectivity index (χ3v) is 5.85. The number of H-pyrrole nitrogens is 1. The van der Waals surface area contributed by atoms with Gasteiger partial charge in [0.25, 0.3) is 5.91 Å². The quantitative estimate of drug-likeness (QED) is 0.406. The highest BCUT2D eigenvalue weighted by atomic mass is 35.5. The summed E-state index contributed by atoms with van der Waals surface area (Å²) in [6.07, 6.45) is 2.58. The topological polar surface area (TPSA) is 93.6 Å². The Morgan fingerprint density at radius 1 is 1.16 bits per heavy atom. The fourth-order valence-corrected chi connectivity index (χ4v) is 3.79. The molecule has 0 atom stereocenters. The number of ether oxygens (including phenoxy) is 2. The summed E-state index contributed by atoms with van der Waals surface area (Å²) < 4.78 is 16.2. The Balaban J connectivity index is 1.37. The van der Waals surface area contributed by atoms with Gasteiger partial charge in [-0.2, -0.15) is 0 Å². The van der Waals surface area contributed by atoms with Gasteiger partial charge in [0.2, 0.25) is 0 Å². The molecule has 0 bridgehead atoms. The van der Waals surface area contributed by atoms with Crippen molar-refractivity contribution >= 4 is 39.4 Å². The van der Waals surface area contributed by atoms with Gasteiger partial charge in [0.1, 0.15) is 17.1 Å². The van der Waals surface area contributed by atoms with E-state index in [9.17, 15) is 9.59 Å². The van der Waals surface area contributed by atoms with Gasteiger partial charge in [0.15, 0.2) is 6.61 Å². The number of benzene rings is 2. The molecule has 0 aliphatic rings. The maximum atomic E-state index is 12.3. The molecule has 166 valence electrons. The lowest BCUT2D eigenvalue weighted by Gasteiger charge is -2.11. The van der Waals surface area contributed by atoms with Crippen molar-refractivity contribution in [2.45, 2.75) is 20.3 Å². The molecule has 1 amide bonds. The highest BCUT2D eigenvalue weighted by Gasteiger charge is 2.13. The van der Waals surface area contributed by atoms with E-state index in [1.165, 1.54) is 6.07 Å². The smallest absolute Gasteiger partial charge is 0.339 e. The minimum absolute atomic E-state index is 0.206. The normalized spacial score (nSPS) is 11.1. The Labute approximate surface area is 189 Å². The van der Waals surface area contributed by atoms with Gasteiger partial charge >= 0.3 is 5.63 Å². The summed E-state index contributed by atoms with van der Waals surface area (Å²) in [7, 11) is 1.63. The van der Waals surface area contributed by atoms with Gasteiger partial charge in [-0.3, -0.25) is 4.79 Å². The lowest BCUT2D eigenvalue weighted by molar-refractivity contribution is -0.123. The zero-order valence-corrected chi connectivity index (χ0v) is 18.8. The third kappa shape index (κ3) is 4.29. The number of aromatic nitrogens is 1. The molecule has 4 aromatic rings. The molecule has 0 unspecified atom stereocenters. The molecule has 0 fully saturated rings. The van der Waals surface area contributed by atoms with Gasteiger partial charge in [-0.05, 0) is 55.7 Å². The molecule has 0 saturated heterocycles. The van der Waals surface area contributed by atoms with Gasteiger partial charge in [-0.25, -0.2) is 4.79 Å². The van der Waals surface area contributed by atoms with Crippen LogP contribution >= 0.6 is 11.6 Å². The van der Waals surface area contributed by atoms with Crippen LogP contribution in [0.15, 0.2) is 45.7 Å². The van der Waals surface area contributed by atoms with E-state index in [1.807, 2.05) is 31.3 Å². The number of aryl methyl sites for hydroxylation is 1. The van der Waals surface area contributed by atoms with E-state index in [1.54, 1.807) is 20.1 Å². The highest BCUT2D eigenvalue weighted by molar-refractivity contribution is 6.32. The van der Waals surface area contributed by atoms with Crippen molar-refractivity contribution < 1.29 is 18.7 Å². The van der Waals surface area contributed by atoms with Crippen molar-refractivity contribution in [2.24, 2.45) is 0 Å². The molecular formula is C24H23ClN2O5. The van der Waals surface area contributed by atoms with E-state index in [-0.39, 0.29) is 18.3 Å². The predicted octanol–water partition coefficient (Wildman–Crippen LogP) is 4.29. The van der Waals surface area contributed by atoms with Crippen molar-refractivity contribution in [3.05, 3.63) is 68.7 Å². The fourth-order valence-electron chi connectivity index (χ4n) is 3.58. The van der Waals surface area contributed by atoms with Crippen LogP contribution in [-0.4, -0.2) is 31.2 Å². The van der Waals surface area contributed by atoms with E-state index in [2.05, 4.69) is 10.3 Å². The number of amides is 1. The minimum Gasteiger partial charge on any atom is -0.497 e. The van der Waals surface area contributed by atoms with Gasteiger partial charge in [-0.15, -0.1) is 0 Å². The number of hydrogen-bond donors (Lipinski definition) is 2. The molecule has 8 heteroatoms. The maximum absolute atomic E-state index is 12.3. The molecular weight excluding hydrogens is 432 g/mol. The molecule has 2 aromatic heterocycles. The second-order valence-electron chi connectivity index (χ2n) is 7.53. The highest BCUT2D eigenvalue weighted by Crippen LogP contribution is 2.31. The first kappa shape index (κ1) is 21.8. The molecule has 0 radical (unpaired) electrons. The second kappa shape index (κ2) is 8.96. The maximum Gasteiger partial charge on any atom is 0.339 e. The molecule has 0 saturated carbocycles. The first-order valence-corrected chi connectivity index (χ1v) is 10.5. The van der Waals surface area contributed by atoms with Crippen LogP contribution in [0.1, 0.15) is 16.7 Å². The van der Waals surface area contributed by atoms with Crippen LogP contribution in [0.2, 0.25) is 5.02 Å². The number of methoxy groups -OCH3 is 1. The zero-order chi connectivity index (χ0) is 22.8. The van der Waals surface area contributed by atoms with Crippen molar-refractivity contribution in [2.75, 3.05) is 20.3 Å². The van der Waals surface area contributed by atoms with Crippen LogP contribution in [0.25, 0.3) is 21.9 Å². The molecule has 0 spiro atoms. The summed E-state index contributed by atoms with van der Waals surface area (Å²) in [5, 5.41) is 4.98. The van der Waals surface area contributed by atoms with Crippen molar-refractivity contribution in [3.63, 3.8) is 0 Å². The molecule has 0 aliphatic carbocycles. The average Bonchev–Trinajstić information content (AvgIpc) is 3.19. The van der Waals surface area contributed by atoms with Crippen LogP contribution in [0.3, 0.4) is 0 Å². The fraction of sp³-hybridized carbons (Fsp3) is 0.250. The van der Waals surface area contributed by atoms with E-state index in [4.69, 9.17) is 25.5 Å². The molecule has 0 aliphatic heterocycles. The summed E-state index contributed by atoms with van der Waals surface area (Å²) in [5.41, 5.74) is 3.40. The lowest BCUT2D eigenvalue weighted by atomic mass is 10.1. The van der Waals surface area contributed by atoms with E-state index in [0.717, 1.165) is 33.2 Å². The van der Waals surface area contributed by atoms with Crippen molar-refractivity contribution in [1.29, 1.82) is 0 Å². The molecule has 32 heavy (non-hydrogen) atoms. The van der Waals surface area contributed by atoms with Crippen LogP contribution in [-0.2, 0) is 11.2 Å². The number of fused-ring (bicyclic) bond motifs is 2. The van der Waals surface area contributed by atoms with Gasteiger partial charge < -0.3 is 24.2 Å². The number of carbonyl (C=O) groups excluding carboxylic acids is 1. The molecule has 2 aromatic carbocycles. The Bertz CT molecular complexity index is 1370. The number of nitrogens with one attached hydrogen (secondary N) is 2. The van der Waals surface area contributed by atoms with Crippen molar-refractivity contribution in [3.8, 4) is 11.5 Å². The summed E-state index contributed by atoms with van der Waals surface area (Å²) in [4.78, 5) is 27.4. The Morgan fingerprint density at radius 3 is 2.75 bits per heavy atom. The first-order valence-electron chi connectivity index (χ1n) is 10.1. The number of rotatable bonds is 7. The molecule has 7 nitrogen and oxygen atoms in total. The van der Waals surface area contributed by atoms with E-state index >= 15 is 0 Å². The number of hydrogen-bond acceptors (Lipinski definition) is 5. The third-order valence-electron chi connectivity index (χ3n) is 5.56. The van der Waals surface area contributed by atoms with Gasteiger partial charge in [0, 0.05) is 40.7 Å². The summed E-state index contributed by atoms with van der Waals surface area (Å²) in [5.74, 6) is 0.786. The SMILES string of the molecule is COc1ccc2[nH]cc(CCNC(=O)COc3cc4oc(=O)c(C)c(C)c4cc3Cl)c2c1. The first-order chi connectivity index (χ1) is 15.4. The van der Waals surface area contributed by atoms with Crippen LogP contribution in [0.5, 0.6) is 11.5 Å². The average molecular weight is 455 g/mol. The lowest BCUT2D eigenvalue weighted by Crippen LogP contribution is -2.30. The van der Waals surface area contributed by atoms with Gasteiger partial charge in [0.05, 0.1) is 12.1 Å².